The van der Waals surface area contributed by atoms with Gasteiger partial charge in [-0.15, -0.1) is 0 Å². The van der Waals surface area contributed by atoms with Crippen molar-refractivity contribution >= 4 is 48.6 Å². The van der Waals surface area contributed by atoms with Crippen LogP contribution in [0.15, 0.2) is 102 Å². The van der Waals surface area contributed by atoms with Gasteiger partial charge in [-0.2, -0.15) is 0 Å². The van der Waals surface area contributed by atoms with Crippen LogP contribution >= 0.6 is 15.9 Å². The molecule has 6 aromatic rings. The second kappa shape index (κ2) is 6.78. The van der Waals surface area contributed by atoms with Gasteiger partial charge in [-0.1, -0.05) is 70.5 Å². The topological polar surface area (TPSA) is 30.7 Å². The van der Waals surface area contributed by atoms with Crippen LogP contribution in [0.5, 0.6) is 0 Å². The number of rotatable bonds is 2. The Morgan fingerprint density at radius 3 is 2.13 bits per heavy atom. The quantitative estimate of drug-likeness (QED) is 0.262. The molecule has 0 bridgehead atoms. The Labute approximate surface area is 181 Å². The van der Waals surface area contributed by atoms with Crippen molar-refractivity contribution in [3.8, 4) is 17.1 Å². The minimum Gasteiger partial charge on any atom is -0.292 e. The van der Waals surface area contributed by atoms with Crippen LogP contribution in [-0.2, 0) is 0 Å². The average molecular weight is 450 g/mol. The number of aromatic nitrogens is 3. The summed E-state index contributed by atoms with van der Waals surface area (Å²) >= 11 is 3.56. The number of hydrogen-bond donors (Lipinski definition) is 0. The maximum atomic E-state index is 5.17. The summed E-state index contributed by atoms with van der Waals surface area (Å²) in [7, 11) is 0. The van der Waals surface area contributed by atoms with Gasteiger partial charge in [0.05, 0.1) is 16.6 Å². The van der Waals surface area contributed by atoms with Crippen molar-refractivity contribution in [3.63, 3.8) is 0 Å². The van der Waals surface area contributed by atoms with Gasteiger partial charge in [0.1, 0.15) is 5.82 Å². The first kappa shape index (κ1) is 17.4. The Morgan fingerprint density at radius 2 is 1.33 bits per heavy atom. The van der Waals surface area contributed by atoms with Crippen molar-refractivity contribution in [1.29, 1.82) is 0 Å². The minimum atomic E-state index is 0.925. The summed E-state index contributed by atoms with van der Waals surface area (Å²) in [6.45, 7) is 0. The zero-order valence-corrected chi connectivity index (χ0v) is 17.5. The van der Waals surface area contributed by atoms with Crippen LogP contribution in [0.3, 0.4) is 0 Å². The van der Waals surface area contributed by atoms with Crippen molar-refractivity contribution < 1.29 is 0 Å². The average Bonchev–Trinajstić information content (AvgIpc) is 3.21. The Balaban J connectivity index is 1.87. The van der Waals surface area contributed by atoms with Gasteiger partial charge < -0.3 is 0 Å². The van der Waals surface area contributed by atoms with E-state index in [1.54, 1.807) is 0 Å². The van der Waals surface area contributed by atoms with Crippen LogP contribution in [0.1, 0.15) is 0 Å². The molecule has 6 rings (SSSR count). The third kappa shape index (κ3) is 2.57. The number of pyridine rings is 1. The van der Waals surface area contributed by atoms with Crippen molar-refractivity contribution in [3.05, 3.63) is 102 Å². The molecule has 0 spiro atoms. The van der Waals surface area contributed by atoms with E-state index in [0.29, 0.717) is 0 Å². The Bertz CT molecular complexity index is 1530. The van der Waals surface area contributed by atoms with Gasteiger partial charge in [0.2, 0.25) is 0 Å². The Morgan fingerprint density at radius 1 is 0.633 bits per heavy atom. The molecule has 0 aliphatic rings. The molecule has 142 valence electrons. The van der Waals surface area contributed by atoms with Crippen LogP contribution in [0.2, 0.25) is 0 Å². The molecule has 0 fully saturated rings. The smallest absolute Gasteiger partial charge is 0.145 e. The summed E-state index contributed by atoms with van der Waals surface area (Å²) < 4.78 is 3.32. The van der Waals surface area contributed by atoms with Crippen LogP contribution in [0.25, 0.3) is 49.8 Å². The first-order valence-corrected chi connectivity index (χ1v) is 10.6. The molecule has 0 aliphatic heterocycles. The molecule has 30 heavy (non-hydrogen) atoms. The first-order valence-electron chi connectivity index (χ1n) is 9.80. The predicted molar refractivity (Wildman–Crippen MR) is 127 cm³/mol. The summed E-state index contributed by atoms with van der Waals surface area (Å²) in [6.07, 6.45) is 1.85. The van der Waals surface area contributed by atoms with Gasteiger partial charge in [-0.25, -0.2) is 4.98 Å². The Kier molecular flexibility index (Phi) is 3.93. The fourth-order valence-corrected chi connectivity index (χ4v) is 4.45. The first-order chi connectivity index (χ1) is 14.8. The van der Waals surface area contributed by atoms with E-state index in [0.717, 1.165) is 54.3 Å². The number of halogens is 1. The van der Waals surface area contributed by atoms with Crippen molar-refractivity contribution in [2.45, 2.75) is 0 Å². The van der Waals surface area contributed by atoms with Gasteiger partial charge in [-0.05, 0) is 36.4 Å². The number of hydrogen-bond acceptors (Lipinski definition) is 2. The van der Waals surface area contributed by atoms with E-state index in [1.165, 1.54) is 0 Å². The van der Waals surface area contributed by atoms with Crippen molar-refractivity contribution in [1.82, 2.24) is 14.5 Å². The molecule has 2 aromatic heterocycles. The molecule has 0 aliphatic carbocycles. The summed E-state index contributed by atoms with van der Waals surface area (Å²) in [4.78, 5) is 9.87. The minimum absolute atomic E-state index is 0.925. The second-order valence-electron chi connectivity index (χ2n) is 7.26. The van der Waals surface area contributed by atoms with Crippen LogP contribution in [0.4, 0.5) is 0 Å². The summed E-state index contributed by atoms with van der Waals surface area (Å²) in [5.41, 5.74) is 5.22. The molecular weight excluding hydrogens is 434 g/mol. The van der Waals surface area contributed by atoms with Gasteiger partial charge in [0.15, 0.2) is 0 Å². The standard InChI is InChI=1S/C26H16BrN3/c27-18-12-14-19(15-13-18)30-25-21-10-5-4-9-20(21)23-22(11-6-16-28-23)24(25)29-26(30)17-7-2-1-3-8-17/h1-16H. The molecule has 0 unspecified atom stereocenters. The highest BCUT2D eigenvalue weighted by Gasteiger charge is 2.20. The number of fused-ring (bicyclic) bond motifs is 6. The van der Waals surface area contributed by atoms with Crippen LogP contribution < -0.4 is 0 Å². The molecular formula is C26H16BrN3. The van der Waals surface area contributed by atoms with Crippen molar-refractivity contribution in [2.24, 2.45) is 0 Å². The van der Waals surface area contributed by atoms with E-state index < -0.39 is 0 Å². The molecule has 0 saturated carbocycles. The van der Waals surface area contributed by atoms with E-state index in [-0.39, 0.29) is 0 Å². The molecule has 3 nitrogen and oxygen atoms in total. The normalized spacial score (nSPS) is 11.5. The molecule has 0 saturated heterocycles. The number of benzene rings is 4. The van der Waals surface area contributed by atoms with E-state index in [9.17, 15) is 0 Å². The second-order valence-corrected chi connectivity index (χ2v) is 8.17. The van der Waals surface area contributed by atoms with E-state index >= 15 is 0 Å². The summed E-state index contributed by atoms with van der Waals surface area (Å²) in [5, 5.41) is 3.36. The Hall–Kier alpha value is -3.50. The van der Waals surface area contributed by atoms with E-state index in [2.05, 4.69) is 99.4 Å². The zero-order chi connectivity index (χ0) is 20.1. The zero-order valence-electron chi connectivity index (χ0n) is 16.0. The van der Waals surface area contributed by atoms with Gasteiger partial charge >= 0.3 is 0 Å². The van der Waals surface area contributed by atoms with Crippen LogP contribution in [0, 0.1) is 0 Å². The highest BCUT2D eigenvalue weighted by molar-refractivity contribution is 9.10. The fourth-order valence-electron chi connectivity index (χ4n) is 4.19. The lowest BCUT2D eigenvalue weighted by Crippen LogP contribution is -1.98. The summed E-state index contributed by atoms with van der Waals surface area (Å²) in [5.74, 6) is 0.925. The molecule has 0 N–H and O–H groups in total. The molecule has 2 heterocycles. The monoisotopic (exact) mass is 449 g/mol. The maximum absolute atomic E-state index is 5.17. The molecule has 0 radical (unpaired) electrons. The van der Waals surface area contributed by atoms with Gasteiger partial charge in [0.25, 0.3) is 0 Å². The van der Waals surface area contributed by atoms with Crippen LogP contribution in [-0.4, -0.2) is 14.5 Å². The van der Waals surface area contributed by atoms with E-state index in [1.807, 2.05) is 18.3 Å². The highest BCUT2D eigenvalue weighted by atomic mass is 79.9. The third-order valence-corrected chi connectivity index (χ3v) is 6.02. The summed E-state index contributed by atoms with van der Waals surface area (Å²) in [6, 6.07) is 31.3. The third-order valence-electron chi connectivity index (χ3n) is 5.49. The lowest BCUT2D eigenvalue weighted by Gasteiger charge is -2.12. The van der Waals surface area contributed by atoms with Crippen molar-refractivity contribution in [2.75, 3.05) is 0 Å². The number of nitrogens with zero attached hydrogens (tertiary/aromatic N) is 3. The fraction of sp³-hybridized carbons (Fsp3) is 0. The highest BCUT2D eigenvalue weighted by Crippen LogP contribution is 2.38. The molecule has 4 heteroatoms. The predicted octanol–water partition coefficient (Wildman–Crippen LogP) is 7.16. The lowest BCUT2D eigenvalue weighted by atomic mass is 10.0. The molecule has 0 amide bonds. The molecule has 0 atom stereocenters. The lowest BCUT2D eigenvalue weighted by molar-refractivity contribution is 1.10. The van der Waals surface area contributed by atoms with Gasteiger partial charge in [-0.3, -0.25) is 9.55 Å². The largest absolute Gasteiger partial charge is 0.292 e. The molecule has 4 aromatic carbocycles. The maximum Gasteiger partial charge on any atom is 0.145 e. The van der Waals surface area contributed by atoms with Gasteiger partial charge in [0, 0.05) is 38.1 Å². The van der Waals surface area contributed by atoms with E-state index in [4.69, 9.17) is 9.97 Å². The SMILES string of the molecule is Brc1ccc(-n2c(-c3ccccc3)nc3c4cccnc4c4ccccc4c32)cc1. The number of imidazole rings is 1.